The lowest BCUT2D eigenvalue weighted by Crippen LogP contribution is -1.98. The predicted molar refractivity (Wildman–Crippen MR) is 93.5 cm³/mol. The number of nitrogens with one attached hydrogen (secondary N) is 1. The topological polar surface area (TPSA) is 66.5 Å². The van der Waals surface area contributed by atoms with Crippen molar-refractivity contribution in [3.63, 3.8) is 0 Å². The highest BCUT2D eigenvalue weighted by molar-refractivity contribution is 6.30. The lowest BCUT2D eigenvalue weighted by Gasteiger charge is -2.09. The Kier molecular flexibility index (Phi) is 3.47. The van der Waals surface area contributed by atoms with Crippen molar-refractivity contribution in [2.45, 2.75) is 13.3 Å². The minimum Gasteiger partial charge on any atom is -0.369 e. The van der Waals surface area contributed by atoms with Gasteiger partial charge in [-0.25, -0.2) is 9.97 Å². The van der Waals surface area contributed by atoms with E-state index in [0.29, 0.717) is 10.7 Å². The van der Waals surface area contributed by atoms with Gasteiger partial charge in [-0.05, 0) is 37.1 Å². The summed E-state index contributed by atoms with van der Waals surface area (Å²) in [6.07, 6.45) is 4.38. The van der Waals surface area contributed by atoms with Gasteiger partial charge in [0, 0.05) is 28.9 Å². The molecule has 2 aromatic heterocycles. The Bertz CT molecular complexity index is 984. The van der Waals surface area contributed by atoms with E-state index in [2.05, 4.69) is 21.4 Å². The van der Waals surface area contributed by atoms with E-state index in [-0.39, 0.29) is 0 Å². The Morgan fingerprint density at radius 1 is 1.29 bits per heavy atom. The molecule has 1 aliphatic rings. The van der Waals surface area contributed by atoms with Gasteiger partial charge < -0.3 is 9.88 Å². The van der Waals surface area contributed by atoms with E-state index in [0.717, 1.165) is 46.9 Å². The molecule has 0 atom stereocenters. The molecule has 1 N–H and O–H groups in total. The molecule has 0 saturated carbocycles. The van der Waals surface area contributed by atoms with Crippen LogP contribution in [-0.4, -0.2) is 21.1 Å². The summed E-state index contributed by atoms with van der Waals surface area (Å²) in [6, 6.07) is 9.79. The highest BCUT2D eigenvalue weighted by atomic mass is 35.5. The van der Waals surface area contributed by atoms with Crippen molar-refractivity contribution < 1.29 is 0 Å². The number of hydrogen-bond donors (Lipinski definition) is 1. The number of halogens is 1. The zero-order chi connectivity index (χ0) is 16.7. The van der Waals surface area contributed by atoms with E-state index in [9.17, 15) is 5.26 Å². The summed E-state index contributed by atoms with van der Waals surface area (Å²) in [5.74, 6) is 0.880. The Morgan fingerprint density at radius 3 is 3.00 bits per heavy atom. The van der Waals surface area contributed by atoms with Gasteiger partial charge in [0.2, 0.25) is 0 Å². The third-order valence-electron chi connectivity index (χ3n) is 4.25. The fraction of sp³-hybridized carbons (Fsp3) is 0.167. The molecule has 0 saturated heterocycles. The summed E-state index contributed by atoms with van der Waals surface area (Å²) >= 11 is 6.14. The van der Waals surface area contributed by atoms with Gasteiger partial charge in [-0.15, -0.1) is 0 Å². The molecule has 1 aromatic carbocycles. The van der Waals surface area contributed by atoms with Gasteiger partial charge in [-0.1, -0.05) is 17.7 Å². The average molecular weight is 336 g/mol. The molecule has 0 radical (unpaired) electrons. The van der Waals surface area contributed by atoms with Gasteiger partial charge in [0.05, 0.1) is 11.4 Å². The monoisotopic (exact) mass is 335 g/mol. The van der Waals surface area contributed by atoms with Crippen LogP contribution >= 0.6 is 11.6 Å². The first-order valence-corrected chi connectivity index (χ1v) is 8.02. The Hall–Kier alpha value is -2.84. The van der Waals surface area contributed by atoms with Gasteiger partial charge >= 0.3 is 0 Å². The van der Waals surface area contributed by atoms with Crippen LogP contribution in [0.2, 0.25) is 5.02 Å². The largest absolute Gasteiger partial charge is 0.369 e. The molecule has 0 unspecified atom stereocenters. The Labute approximate surface area is 144 Å². The second-order valence-electron chi connectivity index (χ2n) is 5.75. The van der Waals surface area contributed by atoms with Crippen LogP contribution in [0.4, 0.5) is 5.82 Å². The number of nitriles is 1. The van der Waals surface area contributed by atoms with Gasteiger partial charge in [0.25, 0.3) is 0 Å². The summed E-state index contributed by atoms with van der Waals surface area (Å²) in [6.45, 7) is 2.86. The minimum absolute atomic E-state index is 0.550. The fourth-order valence-electron chi connectivity index (χ4n) is 3.08. The van der Waals surface area contributed by atoms with Crippen molar-refractivity contribution >= 4 is 17.4 Å². The van der Waals surface area contributed by atoms with Crippen molar-refractivity contribution in [1.82, 2.24) is 14.5 Å². The number of rotatable bonds is 2. The molecule has 3 heterocycles. The molecule has 0 amide bonds. The van der Waals surface area contributed by atoms with Gasteiger partial charge in [0.1, 0.15) is 23.9 Å². The molecule has 0 bridgehead atoms. The zero-order valence-corrected chi connectivity index (χ0v) is 13.8. The Balaban J connectivity index is 1.90. The van der Waals surface area contributed by atoms with Crippen molar-refractivity contribution in [1.29, 1.82) is 5.26 Å². The summed E-state index contributed by atoms with van der Waals surface area (Å²) in [7, 11) is 0. The molecule has 118 valence electrons. The number of fused-ring (bicyclic) bond motifs is 1. The van der Waals surface area contributed by atoms with E-state index in [1.54, 1.807) is 6.33 Å². The van der Waals surface area contributed by atoms with E-state index in [1.807, 2.05) is 42.0 Å². The van der Waals surface area contributed by atoms with E-state index < -0.39 is 0 Å². The molecule has 5 nitrogen and oxygen atoms in total. The molecular weight excluding hydrogens is 322 g/mol. The van der Waals surface area contributed by atoms with Crippen molar-refractivity contribution in [2.24, 2.45) is 0 Å². The number of benzene rings is 1. The van der Waals surface area contributed by atoms with E-state index in [1.165, 1.54) is 0 Å². The lowest BCUT2D eigenvalue weighted by atomic mass is 10.1. The molecule has 0 fully saturated rings. The summed E-state index contributed by atoms with van der Waals surface area (Å²) in [4.78, 5) is 8.71. The summed E-state index contributed by atoms with van der Waals surface area (Å²) < 4.78 is 1.87. The normalized spacial score (nSPS) is 12.5. The molecular formula is C18H14ClN5. The number of nitrogens with zero attached hydrogens (tertiary/aromatic N) is 4. The van der Waals surface area contributed by atoms with Gasteiger partial charge in [0.15, 0.2) is 0 Å². The Morgan fingerprint density at radius 2 is 2.17 bits per heavy atom. The second-order valence-corrected chi connectivity index (χ2v) is 6.19. The van der Waals surface area contributed by atoms with Crippen LogP contribution in [0.25, 0.3) is 16.9 Å². The average Bonchev–Trinajstić information content (AvgIpc) is 3.23. The van der Waals surface area contributed by atoms with Crippen LogP contribution < -0.4 is 5.32 Å². The van der Waals surface area contributed by atoms with Crippen LogP contribution in [-0.2, 0) is 6.42 Å². The number of aryl methyl sites for hydroxylation is 1. The third kappa shape index (κ3) is 2.32. The lowest BCUT2D eigenvalue weighted by molar-refractivity contribution is 1.03. The number of hydrogen-bond acceptors (Lipinski definition) is 4. The maximum Gasteiger partial charge on any atom is 0.133 e. The molecule has 0 spiro atoms. The number of aromatic nitrogens is 3. The molecule has 24 heavy (non-hydrogen) atoms. The van der Waals surface area contributed by atoms with Crippen molar-refractivity contribution in [3.05, 3.63) is 58.6 Å². The van der Waals surface area contributed by atoms with E-state index in [4.69, 9.17) is 11.6 Å². The van der Waals surface area contributed by atoms with Crippen LogP contribution in [0.15, 0.2) is 36.8 Å². The second kappa shape index (κ2) is 5.66. The van der Waals surface area contributed by atoms with Crippen LogP contribution in [0.3, 0.4) is 0 Å². The van der Waals surface area contributed by atoms with Crippen molar-refractivity contribution in [2.75, 3.05) is 11.9 Å². The predicted octanol–water partition coefficient (Wildman–Crippen LogP) is 3.74. The quantitative estimate of drug-likeness (QED) is 0.774. The molecule has 1 aliphatic heterocycles. The highest BCUT2D eigenvalue weighted by Crippen LogP contribution is 2.32. The summed E-state index contributed by atoms with van der Waals surface area (Å²) in [5.41, 5.74) is 5.38. The smallest absolute Gasteiger partial charge is 0.133 e. The fourth-order valence-corrected chi connectivity index (χ4v) is 3.24. The van der Waals surface area contributed by atoms with Crippen LogP contribution in [0, 0.1) is 18.3 Å². The highest BCUT2D eigenvalue weighted by Gasteiger charge is 2.20. The van der Waals surface area contributed by atoms with Gasteiger partial charge in [-0.2, -0.15) is 5.26 Å². The molecule has 4 rings (SSSR count). The maximum absolute atomic E-state index is 9.54. The zero-order valence-electron chi connectivity index (χ0n) is 13.0. The standard InChI is InChI=1S/C18H14ClN5/c1-11-2-3-13(19)7-16(11)24-9-12(6-14(24)8-20)17-15-4-5-21-18(15)23-10-22-17/h2-3,6-7,9-10H,4-5H2,1H3,(H,21,22,23). The maximum atomic E-state index is 9.54. The first-order valence-electron chi connectivity index (χ1n) is 7.64. The molecule has 6 heteroatoms. The number of anilines is 1. The van der Waals surface area contributed by atoms with E-state index >= 15 is 0 Å². The van der Waals surface area contributed by atoms with Crippen LogP contribution in [0.5, 0.6) is 0 Å². The van der Waals surface area contributed by atoms with Crippen LogP contribution in [0.1, 0.15) is 16.8 Å². The van der Waals surface area contributed by atoms with Gasteiger partial charge in [-0.3, -0.25) is 0 Å². The third-order valence-corrected chi connectivity index (χ3v) is 4.49. The first kappa shape index (κ1) is 14.7. The molecule has 0 aliphatic carbocycles. The first-order chi connectivity index (χ1) is 11.7. The minimum atomic E-state index is 0.550. The summed E-state index contributed by atoms with van der Waals surface area (Å²) in [5, 5.41) is 13.4. The SMILES string of the molecule is Cc1ccc(Cl)cc1-n1cc(-c2ncnc3c2CCN3)cc1C#N. The van der Waals surface area contributed by atoms with Crippen molar-refractivity contribution in [3.8, 4) is 23.0 Å². The molecule has 3 aromatic rings.